The zero-order valence-electron chi connectivity index (χ0n) is 9.14. The van der Waals surface area contributed by atoms with Crippen molar-refractivity contribution in [2.75, 3.05) is 0 Å². The van der Waals surface area contributed by atoms with Crippen LogP contribution in [0.25, 0.3) is 22.2 Å². The van der Waals surface area contributed by atoms with E-state index in [9.17, 15) is 0 Å². The first-order valence-electron chi connectivity index (χ1n) is 5.20. The molecule has 3 rings (SSSR count). The average molecular weight is 245 g/mol. The van der Waals surface area contributed by atoms with Crippen LogP contribution in [-0.4, -0.2) is 9.97 Å². The Morgan fingerprint density at radius 2 is 2.00 bits per heavy atom. The van der Waals surface area contributed by atoms with Gasteiger partial charge in [-0.2, -0.15) is 0 Å². The molecule has 0 bridgehead atoms. The van der Waals surface area contributed by atoms with E-state index in [0.717, 1.165) is 22.3 Å². The number of rotatable bonds is 1. The standard InChI is InChI=1S/C13H9ClN2O/c1-8-11(14)6-12-13(16-8)10(7-17-12)9-2-4-15-5-3-9/h2-7H,1H3. The topological polar surface area (TPSA) is 38.9 Å². The molecule has 3 heterocycles. The molecule has 17 heavy (non-hydrogen) atoms. The first-order valence-corrected chi connectivity index (χ1v) is 5.58. The third-order valence-electron chi connectivity index (χ3n) is 2.67. The maximum Gasteiger partial charge on any atom is 0.154 e. The SMILES string of the molecule is Cc1nc2c(-c3ccncc3)coc2cc1Cl. The van der Waals surface area contributed by atoms with Crippen LogP contribution in [0.5, 0.6) is 0 Å². The highest BCUT2D eigenvalue weighted by Crippen LogP contribution is 2.31. The molecule has 0 saturated heterocycles. The normalized spacial score (nSPS) is 10.9. The lowest BCUT2D eigenvalue weighted by Crippen LogP contribution is -1.84. The molecule has 0 aliphatic rings. The summed E-state index contributed by atoms with van der Waals surface area (Å²) < 4.78 is 5.47. The fraction of sp³-hybridized carbons (Fsp3) is 0.0769. The van der Waals surface area contributed by atoms with Crippen molar-refractivity contribution in [3.8, 4) is 11.1 Å². The lowest BCUT2D eigenvalue weighted by molar-refractivity contribution is 0.616. The Balaban J connectivity index is 2.29. The molecule has 0 spiro atoms. The molecule has 3 aromatic heterocycles. The quantitative estimate of drug-likeness (QED) is 0.653. The second-order valence-corrected chi connectivity index (χ2v) is 4.19. The highest BCUT2D eigenvalue weighted by Gasteiger charge is 2.11. The van der Waals surface area contributed by atoms with Gasteiger partial charge in [0, 0.05) is 24.0 Å². The Labute approximate surface area is 103 Å². The summed E-state index contributed by atoms with van der Waals surface area (Å²) in [6.07, 6.45) is 5.19. The minimum Gasteiger partial charge on any atom is -0.462 e. The van der Waals surface area contributed by atoms with Gasteiger partial charge in [0.15, 0.2) is 5.58 Å². The van der Waals surface area contributed by atoms with Crippen molar-refractivity contribution in [1.29, 1.82) is 0 Å². The van der Waals surface area contributed by atoms with E-state index in [0.29, 0.717) is 10.6 Å². The van der Waals surface area contributed by atoms with E-state index >= 15 is 0 Å². The maximum absolute atomic E-state index is 6.01. The molecule has 3 nitrogen and oxygen atoms in total. The van der Waals surface area contributed by atoms with E-state index in [2.05, 4.69) is 9.97 Å². The van der Waals surface area contributed by atoms with Crippen LogP contribution in [-0.2, 0) is 0 Å². The van der Waals surface area contributed by atoms with Crippen molar-refractivity contribution in [3.63, 3.8) is 0 Å². The van der Waals surface area contributed by atoms with Crippen molar-refractivity contribution < 1.29 is 4.42 Å². The van der Waals surface area contributed by atoms with Crippen molar-refractivity contribution in [1.82, 2.24) is 9.97 Å². The fourth-order valence-electron chi connectivity index (χ4n) is 1.76. The van der Waals surface area contributed by atoms with Crippen LogP contribution >= 0.6 is 11.6 Å². The van der Waals surface area contributed by atoms with E-state index in [4.69, 9.17) is 16.0 Å². The van der Waals surface area contributed by atoms with Crippen molar-refractivity contribution in [3.05, 3.63) is 47.6 Å². The second kappa shape index (κ2) is 3.86. The first kappa shape index (κ1) is 10.3. The van der Waals surface area contributed by atoms with Gasteiger partial charge in [-0.15, -0.1) is 0 Å². The van der Waals surface area contributed by atoms with Gasteiger partial charge < -0.3 is 4.42 Å². The number of hydrogen-bond acceptors (Lipinski definition) is 3. The number of furan rings is 1. The lowest BCUT2D eigenvalue weighted by Gasteiger charge is -1.99. The summed E-state index contributed by atoms with van der Waals surface area (Å²) in [4.78, 5) is 8.46. The summed E-state index contributed by atoms with van der Waals surface area (Å²) in [6, 6.07) is 5.65. The summed E-state index contributed by atoms with van der Waals surface area (Å²) in [7, 11) is 0. The van der Waals surface area contributed by atoms with Crippen molar-refractivity contribution in [2.45, 2.75) is 6.92 Å². The Morgan fingerprint density at radius 1 is 1.24 bits per heavy atom. The van der Waals surface area contributed by atoms with E-state index in [1.165, 1.54) is 0 Å². The Bertz CT molecular complexity index is 676. The predicted octanol–water partition coefficient (Wildman–Crippen LogP) is 3.85. The van der Waals surface area contributed by atoms with Gasteiger partial charge >= 0.3 is 0 Å². The maximum atomic E-state index is 6.01. The third-order valence-corrected chi connectivity index (χ3v) is 3.05. The van der Waals surface area contributed by atoms with E-state index in [-0.39, 0.29) is 0 Å². The molecule has 3 aromatic rings. The number of hydrogen-bond donors (Lipinski definition) is 0. The van der Waals surface area contributed by atoms with Gasteiger partial charge in [0.05, 0.1) is 10.7 Å². The van der Waals surface area contributed by atoms with Gasteiger partial charge in [-0.05, 0) is 24.6 Å². The Hall–Kier alpha value is -1.87. The first-order chi connectivity index (χ1) is 8.25. The zero-order valence-corrected chi connectivity index (χ0v) is 9.90. The Kier molecular flexibility index (Phi) is 2.34. The molecule has 0 amide bonds. The molecule has 0 N–H and O–H groups in total. The van der Waals surface area contributed by atoms with Gasteiger partial charge in [0.25, 0.3) is 0 Å². The molecule has 0 unspecified atom stereocenters. The number of aryl methyl sites for hydroxylation is 1. The predicted molar refractivity (Wildman–Crippen MR) is 67.0 cm³/mol. The minimum atomic E-state index is 0.619. The molecule has 0 aliphatic heterocycles. The number of pyridine rings is 2. The summed E-state index contributed by atoms with van der Waals surface area (Å²) in [5, 5.41) is 0.619. The average Bonchev–Trinajstić information content (AvgIpc) is 2.74. The molecule has 0 aromatic carbocycles. The lowest BCUT2D eigenvalue weighted by atomic mass is 10.1. The molecule has 0 aliphatic carbocycles. The fourth-order valence-corrected chi connectivity index (χ4v) is 1.90. The van der Waals surface area contributed by atoms with Gasteiger partial charge in [0.1, 0.15) is 11.8 Å². The zero-order chi connectivity index (χ0) is 11.8. The van der Waals surface area contributed by atoms with Crippen LogP contribution in [0.15, 0.2) is 41.3 Å². The molecule has 0 radical (unpaired) electrons. The highest BCUT2D eigenvalue weighted by atomic mass is 35.5. The second-order valence-electron chi connectivity index (χ2n) is 3.79. The minimum absolute atomic E-state index is 0.619. The van der Waals surface area contributed by atoms with Crippen LogP contribution in [0.2, 0.25) is 5.02 Å². The van der Waals surface area contributed by atoms with Crippen LogP contribution in [0, 0.1) is 6.92 Å². The molecule has 0 fully saturated rings. The van der Waals surface area contributed by atoms with E-state index in [1.807, 2.05) is 19.1 Å². The van der Waals surface area contributed by atoms with Crippen LogP contribution in [0.4, 0.5) is 0 Å². The molecule has 84 valence electrons. The number of fused-ring (bicyclic) bond motifs is 1. The summed E-state index contributed by atoms with van der Waals surface area (Å²) >= 11 is 6.01. The van der Waals surface area contributed by atoms with Gasteiger partial charge in [-0.1, -0.05) is 11.6 Å². The summed E-state index contributed by atoms with van der Waals surface area (Å²) in [5.41, 5.74) is 4.33. The van der Waals surface area contributed by atoms with Crippen molar-refractivity contribution in [2.24, 2.45) is 0 Å². The molecular weight excluding hydrogens is 236 g/mol. The summed E-state index contributed by atoms with van der Waals surface area (Å²) in [6.45, 7) is 1.88. The van der Waals surface area contributed by atoms with Crippen LogP contribution in [0.1, 0.15) is 5.69 Å². The Morgan fingerprint density at radius 3 is 2.76 bits per heavy atom. The smallest absolute Gasteiger partial charge is 0.154 e. The van der Waals surface area contributed by atoms with E-state index in [1.54, 1.807) is 24.7 Å². The third kappa shape index (κ3) is 1.68. The highest BCUT2D eigenvalue weighted by molar-refractivity contribution is 6.31. The van der Waals surface area contributed by atoms with Crippen LogP contribution < -0.4 is 0 Å². The van der Waals surface area contributed by atoms with Gasteiger partial charge in [0.2, 0.25) is 0 Å². The molecule has 4 heteroatoms. The number of halogens is 1. The monoisotopic (exact) mass is 244 g/mol. The van der Waals surface area contributed by atoms with Gasteiger partial charge in [-0.25, -0.2) is 4.98 Å². The molecular formula is C13H9ClN2O. The molecule has 0 atom stereocenters. The largest absolute Gasteiger partial charge is 0.462 e. The van der Waals surface area contributed by atoms with Crippen molar-refractivity contribution >= 4 is 22.7 Å². The van der Waals surface area contributed by atoms with E-state index < -0.39 is 0 Å². The van der Waals surface area contributed by atoms with Gasteiger partial charge in [-0.3, -0.25) is 4.98 Å². The number of nitrogens with zero attached hydrogens (tertiary/aromatic N) is 2. The summed E-state index contributed by atoms with van der Waals surface area (Å²) in [5.74, 6) is 0. The number of aromatic nitrogens is 2. The van der Waals surface area contributed by atoms with Crippen LogP contribution in [0.3, 0.4) is 0 Å². The molecule has 0 saturated carbocycles.